The molecular weight excluding hydrogens is 384 g/mol. The van der Waals surface area contributed by atoms with Crippen LogP contribution in [0.4, 0.5) is 4.79 Å². The molecule has 3 N–H and O–H groups in total. The summed E-state index contributed by atoms with van der Waals surface area (Å²) in [5.74, 6) is -1.69. The molecule has 30 heavy (non-hydrogen) atoms. The Morgan fingerprint density at radius 2 is 1.57 bits per heavy atom. The molecule has 0 aliphatic heterocycles. The van der Waals surface area contributed by atoms with E-state index in [0.29, 0.717) is 0 Å². The molecule has 0 bridgehead atoms. The van der Waals surface area contributed by atoms with E-state index in [9.17, 15) is 14.4 Å². The maximum atomic E-state index is 12.5. The molecule has 2 amide bonds. The van der Waals surface area contributed by atoms with Gasteiger partial charge in [0.25, 0.3) is 0 Å². The average Bonchev–Trinajstić information content (AvgIpc) is 3.53. The van der Waals surface area contributed by atoms with Crippen molar-refractivity contribution in [1.82, 2.24) is 10.6 Å². The van der Waals surface area contributed by atoms with E-state index in [1.165, 1.54) is 6.92 Å². The number of ether oxygens (including phenoxy) is 1. The van der Waals surface area contributed by atoms with Crippen LogP contribution < -0.4 is 10.6 Å². The van der Waals surface area contributed by atoms with Gasteiger partial charge < -0.3 is 20.5 Å². The standard InChI is InChI=1S/C23H24N2O5/c1-13(22(27)28)24-21(26)20(14-10-11-14)25-23(29)30-12-19-17-8-4-2-6-15(17)16-7-3-5-9-18(16)19/h2-9,13-14,19-20H,10-12H2,1H3,(H,24,26)(H,25,29)(H,27,28). The molecule has 0 aromatic heterocycles. The van der Waals surface area contributed by atoms with Gasteiger partial charge in [0, 0.05) is 5.92 Å². The SMILES string of the molecule is CC(NC(=O)C(NC(=O)OCC1c2ccccc2-c2ccccc21)C1CC1)C(=O)O. The van der Waals surface area contributed by atoms with Gasteiger partial charge in [-0.3, -0.25) is 9.59 Å². The van der Waals surface area contributed by atoms with Gasteiger partial charge in [0.1, 0.15) is 18.7 Å². The third-order valence-corrected chi connectivity index (χ3v) is 5.72. The second kappa shape index (κ2) is 8.18. The zero-order valence-electron chi connectivity index (χ0n) is 16.6. The summed E-state index contributed by atoms with van der Waals surface area (Å²) in [6.07, 6.45) is 0.943. The fourth-order valence-corrected chi connectivity index (χ4v) is 3.96. The van der Waals surface area contributed by atoms with E-state index in [2.05, 4.69) is 22.8 Å². The Hall–Kier alpha value is -3.35. The quantitative estimate of drug-likeness (QED) is 0.653. The van der Waals surface area contributed by atoms with E-state index in [0.717, 1.165) is 35.1 Å². The third kappa shape index (κ3) is 4.01. The van der Waals surface area contributed by atoms with Crippen molar-refractivity contribution in [3.63, 3.8) is 0 Å². The number of benzene rings is 2. The molecule has 0 heterocycles. The molecular formula is C23H24N2O5. The summed E-state index contributed by atoms with van der Waals surface area (Å²) in [4.78, 5) is 35.9. The van der Waals surface area contributed by atoms with Crippen LogP contribution in [0, 0.1) is 5.92 Å². The van der Waals surface area contributed by atoms with Crippen LogP contribution in [0.2, 0.25) is 0 Å². The van der Waals surface area contributed by atoms with Gasteiger partial charge in [-0.1, -0.05) is 48.5 Å². The van der Waals surface area contributed by atoms with Crippen LogP contribution in [-0.2, 0) is 14.3 Å². The first kappa shape index (κ1) is 19.9. The monoisotopic (exact) mass is 408 g/mol. The number of carbonyl (C=O) groups excluding carboxylic acids is 2. The lowest BCUT2D eigenvalue weighted by Gasteiger charge is -2.20. The molecule has 7 nitrogen and oxygen atoms in total. The number of rotatable bonds is 7. The van der Waals surface area contributed by atoms with Gasteiger partial charge in [-0.05, 0) is 47.9 Å². The van der Waals surface area contributed by atoms with Crippen molar-refractivity contribution in [2.24, 2.45) is 5.92 Å². The zero-order valence-corrected chi connectivity index (χ0v) is 16.6. The molecule has 2 aromatic rings. The summed E-state index contributed by atoms with van der Waals surface area (Å²) in [5, 5.41) is 14.0. The van der Waals surface area contributed by atoms with Crippen LogP contribution >= 0.6 is 0 Å². The first-order chi connectivity index (χ1) is 14.5. The highest BCUT2D eigenvalue weighted by atomic mass is 16.5. The smallest absolute Gasteiger partial charge is 0.407 e. The maximum Gasteiger partial charge on any atom is 0.407 e. The Morgan fingerprint density at radius 1 is 1.00 bits per heavy atom. The van der Waals surface area contributed by atoms with Crippen molar-refractivity contribution in [1.29, 1.82) is 0 Å². The van der Waals surface area contributed by atoms with Gasteiger partial charge >= 0.3 is 12.1 Å². The number of aliphatic carboxylic acids is 1. The van der Waals surface area contributed by atoms with Gasteiger partial charge in [0.15, 0.2) is 0 Å². The molecule has 4 rings (SSSR count). The predicted octanol–water partition coefficient (Wildman–Crippen LogP) is 2.89. The number of nitrogens with one attached hydrogen (secondary N) is 2. The van der Waals surface area contributed by atoms with Crippen LogP contribution in [0.1, 0.15) is 36.8 Å². The molecule has 2 aromatic carbocycles. The molecule has 1 saturated carbocycles. The predicted molar refractivity (Wildman–Crippen MR) is 110 cm³/mol. The molecule has 0 radical (unpaired) electrons. The fraction of sp³-hybridized carbons (Fsp3) is 0.348. The van der Waals surface area contributed by atoms with Crippen LogP contribution in [0.3, 0.4) is 0 Å². The van der Waals surface area contributed by atoms with Gasteiger partial charge in [-0.25, -0.2) is 4.79 Å². The van der Waals surface area contributed by atoms with E-state index < -0.39 is 30.1 Å². The van der Waals surface area contributed by atoms with Crippen LogP contribution in [-0.4, -0.2) is 41.8 Å². The molecule has 2 unspecified atom stereocenters. The lowest BCUT2D eigenvalue weighted by molar-refractivity contribution is -0.141. The fourth-order valence-electron chi connectivity index (χ4n) is 3.96. The molecule has 2 atom stereocenters. The topological polar surface area (TPSA) is 105 Å². The molecule has 156 valence electrons. The van der Waals surface area contributed by atoms with Crippen LogP contribution in [0.15, 0.2) is 48.5 Å². The number of carboxylic acids is 1. The first-order valence-electron chi connectivity index (χ1n) is 10.1. The number of fused-ring (bicyclic) bond motifs is 3. The van der Waals surface area contributed by atoms with Crippen LogP contribution in [0.25, 0.3) is 11.1 Å². The first-order valence-corrected chi connectivity index (χ1v) is 10.1. The zero-order chi connectivity index (χ0) is 21.3. The van der Waals surface area contributed by atoms with E-state index in [-0.39, 0.29) is 18.4 Å². The third-order valence-electron chi connectivity index (χ3n) is 5.72. The highest BCUT2D eigenvalue weighted by Gasteiger charge is 2.39. The molecule has 2 aliphatic rings. The minimum absolute atomic E-state index is 0.00600. The highest BCUT2D eigenvalue weighted by molar-refractivity contribution is 5.89. The number of carbonyl (C=O) groups is 3. The second-order valence-electron chi connectivity index (χ2n) is 7.85. The minimum atomic E-state index is -1.13. The highest BCUT2D eigenvalue weighted by Crippen LogP contribution is 2.44. The maximum absolute atomic E-state index is 12.5. The summed E-state index contributed by atoms with van der Waals surface area (Å²) in [7, 11) is 0. The molecule has 0 saturated heterocycles. The summed E-state index contributed by atoms with van der Waals surface area (Å²) < 4.78 is 5.50. The molecule has 2 aliphatic carbocycles. The molecule has 1 fully saturated rings. The van der Waals surface area contributed by atoms with Gasteiger partial charge in [-0.2, -0.15) is 0 Å². The van der Waals surface area contributed by atoms with Crippen molar-refractivity contribution in [2.75, 3.05) is 6.61 Å². The average molecular weight is 408 g/mol. The lowest BCUT2D eigenvalue weighted by Crippen LogP contribution is -2.52. The summed E-state index contributed by atoms with van der Waals surface area (Å²) in [6.45, 7) is 1.54. The molecule has 0 spiro atoms. The minimum Gasteiger partial charge on any atom is -0.480 e. The Bertz CT molecular complexity index is 940. The lowest BCUT2D eigenvalue weighted by atomic mass is 9.98. The number of alkyl carbamates (subject to hydrolysis) is 1. The van der Waals surface area contributed by atoms with Crippen molar-refractivity contribution in [3.8, 4) is 11.1 Å². The Kier molecular flexibility index (Phi) is 5.44. The van der Waals surface area contributed by atoms with Gasteiger partial charge in [-0.15, -0.1) is 0 Å². The van der Waals surface area contributed by atoms with E-state index in [1.807, 2.05) is 36.4 Å². The van der Waals surface area contributed by atoms with E-state index in [4.69, 9.17) is 9.84 Å². The van der Waals surface area contributed by atoms with E-state index in [1.54, 1.807) is 0 Å². The number of hydrogen-bond donors (Lipinski definition) is 3. The van der Waals surface area contributed by atoms with Crippen molar-refractivity contribution < 1.29 is 24.2 Å². The number of carboxylic acid groups (broad SMARTS) is 1. The Labute approximate surface area is 174 Å². The van der Waals surface area contributed by atoms with Gasteiger partial charge in [0.2, 0.25) is 5.91 Å². The van der Waals surface area contributed by atoms with Crippen LogP contribution in [0.5, 0.6) is 0 Å². The molecule has 7 heteroatoms. The van der Waals surface area contributed by atoms with Gasteiger partial charge in [0.05, 0.1) is 0 Å². The number of amides is 2. The van der Waals surface area contributed by atoms with Crippen molar-refractivity contribution in [3.05, 3.63) is 59.7 Å². The number of hydrogen-bond acceptors (Lipinski definition) is 4. The van der Waals surface area contributed by atoms with E-state index >= 15 is 0 Å². The summed E-state index contributed by atoms with van der Waals surface area (Å²) >= 11 is 0. The van der Waals surface area contributed by atoms with Crippen molar-refractivity contribution in [2.45, 2.75) is 37.8 Å². The largest absolute Gasteiger partial charge is 0.480 e. The second-order valence-corrected chi connectivity index (χ2v) is 7.85. The summed E-state index contributed by atoms with van der Waals surface area (Å²) in [6, 6.07) is 14.3. The van der Waals surface area contributed by atoms with Crippen molar-refractivity contribution >= 4 is 18.0 Å². The Balaban J connectivity index is 1.41. The normalized spacial score (nSPS) is 16.7. The summed E-state index contributed by atoms with van der Waals surface area (Å²) in [5.41, 5.74) is 4.50. The Morgan fingerprint density at radius 3 is 2.10 bits per heavy atom.